The normalized spacial score (nSPS) is 17.6. The molecular weight excluding hydrogens is 331 g/mol. The van der Waals surface area contributed by atoms with Crippen molar-refractivity contribution in [2.24, 2.45) is 0 Å². The molecule has 1 aliphatic carbocycles. The third-order valence-corrected chi connectivity index (χ3v) is 5.04. The highest BCUT2D eigenvalue weighted by Crippen LogP contribution is 2.17. The lowest BCUT2D eigenvalue weighted by atomic mass is 9.98. The van der Waals surface area contributed by atoms with Gasteiger partial charge in [0.25, 0.3) is 0 Å². The first-order valence-corrected chi connectivity index (χ1v) is 9.99. The topological polar surface area (TPSA) is 58.2 Å². The lowest BCUT2D eigenvalue weighted by Crippen LogP contribution is -2.44. The molecule has 1 aromatic carbocycles. The molecule has 144 valence electrons. The number of halogens is 1. The summed E-state index contributed by atoms with van der Waals surface area (Å²) in [5, 5.41) is 5.38. The van der Waals surface area contributed by atoms with Gasteiger partial charge in [0.2, 0.25) is 0 Å². The smallest absolute Gasteiger partial charge is 0.309 e. The highest BCUT2D eigenvalue weighted by atomic mass is 19.1. The van der Waals surface area contributed by atoms with E-state index in [1.165, 1.54) is 51.0 Å². The molecule has 0 saturated heterocycles. The summed E-state index contributed by atoms with van der Waals surface area (Å²) in [5.41, 5.74) is 0.375. The Hall–Kier alpha value is -1.91. The predicted octanol–water partition coefficient (Wildman–Crippen LogP) is 4.23. The van der Waals surface area contributed by atoms with E-state index in [2.05, 4.69) is 10.6 Å². The standard InChI is InChI=1S/C21H31FN2O2/c22-19-15-11-10-12-17(19)16-23-20(25)21(26)24-18-13-8-6-4-2-1-3-5-7-9-14-18/h10-12,15,18H,1-9,13-14,16H2,(H,23,25)(H,24,26). The van der Waals surface area contributed by atoms with Crippen LogP contribution >= 0.6 is 0 Å². The molecule has 1 aromatic rings. The van der Waals surface area contributed by atoms with E-state index in [0.29, 0.717) is 5.56 Å². The molecule has 26 heavy (non-hydrogen) atoms. The molecular formula is C21H31FN2O2. The summed E-state index contributed by atoms with van der Waals surface area (Å²) < 4.78 is 13.6. The van der Waals surface area contributed by atoms with Crippen molar-refractivity contribution in [2.75, 3.05) is 0 Å². The van der Waals surface area contributed by atoms with E-state index in [-0.39, 0.29) is 18.4 Å². The minimum atomic E-state index is -0.695. The minimum Gasteiger partial charge on any atom is -0.345 e. The molecule has 0 aromatic heterocycles. The third kappa shape index (κ3) is 7.54. The van der Waals surface area contributed by atoms with E-state index in [0.717, 1.165) is 25.7 Å². The monoisotopic (exact) mass is 362 g/mol. The minimum absolute atomic E-state index is 0.0175. The number of carbonyl (C=O) groups excluding carboxylic acids is 2. The number of hydrogen-bond donors (Lipinski definition) is 2. The van der Waals surface area contributed by atoms with Gasteiger partial charge in [-0.3, -0.25) is 9.59 Å². The van der Waals surface area contributed by atoms with Gasteiger partial charge < -0.3 is 10.6 Å². The van der Waals surface area contributed by atoms with Crippen molar-refractivity contribution in [3.63, 3.8) is 0 Å². The number of carbonyl (C=O) groups is 2. The fourth-order valence-corrected chi connectivity index (χ4v) is 3.46. The van der Waals surface area contributed by atoms with Gasteiger partial charge in [0.05, 0.1) is 0 Å². The molecule has 0 heterocycles. The Bertz CT molecular complexity index is 565. The molecule has 0 bridgehead atoms. The van der Waals surface area contributed by atoms with E-state index in [1.807, 2.05) is 0 Å². The van der Waals surface area contributed by atoms with E-state index in [1.54, 1.807) is 18.2 Å². The maximum atomic E-state index is 13.6. The van der Waals surface area contributed by atoms with Crippen LogP contribution in [0, 0.1) is 5.82 Å². The molecule has 0 unspecified atom stereocenters. The van der Waals surface area contributed by atoms with Crippen LogP contribution in [0.25, 0.3) is 0 Å². The molecule has 5 heteroatoms. The summed E-state index contributed by atoms with van der Waals surface area (Å²) in [6.45, 7) is 0.0175. The van der Waals surface area contributed by atoms with Crippen LogP contribution in [0.3, 0.4) is 0 Å². The Morgan fingerprint density at radius 3 is 1.96 bits per heavy atom. The van der Waals surface area contributed by atoms with Crippen molar-refractivity contribution in [3.8, 4) is 0 Å². The van der Waals surface area contributed by atoms with Crippen LogP contribution in [0.4, 0.5) is 4.39 Å². The van der Waals surface area contributed by atoms with Crippen molar-refractivity contribution in [1.29, 1.82) is 0 Å². The van der Waals surface area contributed by atoms with Crippen LogP contribution in [-0.4, -0.2) is 17.9 Å². The lowest BCUT2D eigenvalue weighted by Gasteiger charge is -2.19. The van der Waals surface area contributed by atoms with Gasteiger partial charge in [0.15, 0.2) is 0 Å². The van der Waals surface area contributed by atoms with Gasteiger partial charge in [0.1, 0.15) is 5.82 Å². The summed E-state index contributed by atoms with van der Waals surface area (Å²) in [7, 11) is 0. The van der Waals surface area contributed by atoms with E-state index in [9.17, 15) is 14.0 Å². The van der Waals surface area contributed by atoms with Crippen molar-refractivity contribution < 1.29 is 14.0 Å². The Morgan fingerprint density at radius 1 is 0.846 bits per heavy atom. The van der Waals surface area contributed by atoms with E-state index >= 15 is 0 Å². The Kier molecular flexibility index (Phi) is 9.15. The predicted molar refractivity (Wildman–Crippen MR) is 101 cm³/mol. The zero-order valence-electron chi connectivity index (χ0n) is 15.6. The first kappa shape index (κ1) is 20.4. The number of hydrogen-bond acceptors (Lipinski definition) is 2. The fourth-order valence-electron chi connectivity index (χ4n) is 3.46. The van der Waals surface area contributed by atoms with Crippen molar-refractivity contribution in [1.82, 2.24) is 10.6 Å². The zero-order valence-corrected chi connectivity index (χ0v) is 15.6. The molecule has 0 radical (unpaired) electrons. The second kappa shape index (κ2) is 11.7. The quantitative estimate of drug-likeness (QED) is 0.791. The van der Waals surface area contributed by atoms with Crippen LogP contribution in [-0.2, 0) is 16.1 Å². The summed E-state index contributed by atoms with van der Waals surface area (Å²) in [6, 6.07) is 6.29. The van der Waals surface area contributed by atoms with Gasteiger partial charge in [0, 0.05) is 18.2 Å². The van der Waals surface area contributed by atoms with Gasteiger partial charge in [-0.2, -0.15) is 0 Å². The lowest BCUT2D eigenvalue weighted by molar-refractivity contribution is -0.139. The van der Waals surface area contributed by atoms with Crippen molar-refractivity contribution in [2.45, 2.75) is 83.2 Å². The molecule has 2 rings (SSSR count). The van der Waals surface area contributed by atoms with Gasteiger partial charge in [-0.1, -0.05) is 76.0 Å². The average Bonchev–Trinajstić information content (AvgIpc) is 2.63. The number of nitrogens with one attached hydrogen (secondary N) is 2. The highest BCUT2D eigenvalue weighted by molar-refractivity contribution is 6.35. The van der Waals surface area contributed by atoms with Gasteiger partial charge >= 0.3 is 11.8 Å². The number of rotatable bonds is 3. The van der Waals surface area contributed by atoms with Crippen LogP contribution in [0.1, 0.15) is 76.2 Å². The summed E-state index contributed by atoms with van der Waals surface area (Å²) >= 11 is 0. The second-order valence-corrected chi connectivity index (χ2v) is 7.20. The molecule has 0 aliphatic heterocycles. The van der Waals surface area contributed by atoms with Crippen molar-refractivity contribution >= 4 is 11.8 Å². The number of benzene rings is 1. The van der Waals surface area contributed by atoms with Crippen molar-refractivity contribution in [3.05, 3.63) is 35.6 Å². The van der Waals surface area contributed by atoms with Crippen LogP contribution < -0.4 is 10.6 Å². The maximum absolute atomic E-state index is 13.6. The maximum Gasteiger partial charge on any atom is 0.309 e. The highest BCUT2D eigenvalue weighted by Gasteiger charge is 2.18. The summed E-state index contributed by atoms with van der Waals surface area (Å²) in [6.07, 6.45) is 12.8. The first-order chi connectivity index (χ1) is 12.7. The average molecular weight is 362 g/mol. The third-order valence-electron chi connectivity index (χ3n) is 5.04. The van der Waals surface area contributed by atoms with Gasteiger partial charge in [-0.05, 0) is 18.9 Å². The molecule has 4 nitrogen and oxygen atoms in total. The molecule has 1 fully saturated rings. The van der Waals surface area contributed by atoms with Gasteiger partial charge in [-0.15, -0.1) is 0 Å². The molecule has 0 atom stereocenters. The molecule has 0 spiro atoms. The SMILES string of the molecule is O=C(NCc1ccccc1F)C(=O)NC1CCCCCCCCCCC1. The largest absolute Gasteiger partial charge is 0.345 e. The Balaban J connectivity index is 1.78. The van der Waals surface area contributed by atoms with Gasteiger partial charge in [-0.25, -0.2) is 4.39 Å². The molecule has 2 amide bonds. The van der Waals surface area contributed by atoms with E-state index < -0.39 is 11.8 Å². The van der Waals surface area contributed by atoms with E-state index in [4.69, 9.17) is 0 Å². The summed E-state index contributed by atoms with van der Waals surface area (Å²) in [5.74, 6) is -1.69. The van der Waals surface area contributed by atoms with Crippen LogP contribution in [0.2, 0.25) is 0 Å². The number of amides is 2. The summed E-state index contributed by atoms with van der Waals surface area (Å²) in [4.78, 5) is 24.2. The zero-order chi connectivity index (χ0) is 18.6. The molecule has 1 saturated carbocycles. The molecule has 2 N–H and O–H groups in total. The molecule has 1 aliphatic rings. The Labute approximate surface area is 155 Å². The first-order valence-electron chi connectivity index (χ1n) is 9.99. The van der Waals surface area contributed by atoms with Crippen LogP contribution in [0.15, 0.2) is 24.3 Å². The fraction of sp³-hybridized carbons (Fsp3) is 0.619. The van der Waals surface area contributed by atoms with Crippen LogP contribution in [0.5, 0.6) is 0 Å². The second-order valence-electron chi connectivity index (χ2n) is 7.20. The Morgan fingerprint density at radius 2 is 1.38 bits per heavy atom.